The van der Waals surface area contributed by atoms with E-state index in [1.807, 2.05) is 0 Å². The van der Waals surface area contributed by atoms with Gasteiger partial charge in [-0.15, -0.1) is 0 Å². The third-order valence-electron chi connectivity index (χ3n) is 1.02. The molecule has 0 unspecified atom stereocenters. The predicted octanol–water partition coefficient (Wildman–Crippen LogP) is 1.86. The zero-order valence-corrected chi connectivity index (χ0v) is 9.40. The molecule has 44 valence electrons. The van der Waals surface area contributed by atoms with Gasteiger partial charge in [-0.2, -0.15) is 0 Å². The van der Waals surface area contributed by atoms with Crippen LogP contribution in [0.3, 0.4) is 0 Å². The Labute approximate surface area is 91.7 Å². The Kier molecular flexibility index (Phi) is 9.87. The van der Waals surface area contributed by atoms with Gasteiger partial charge in [-0.1, -0.05) is 0 Å². The molecule has 0 nitrogen and oxygen atoms in total. The van der Waals surface area contributed by atoms with Crippen LogP contribution < -0.4 is 0 Å². The Morgan fingerprint density at radius 2 is 2.22 bits per heavy atom. The Hall–Kier alpha value is 0.936. The van der Waals surface area contributed by atoms with Crippen molar-refractivity contribution in [3.8, 4) is 5.94 Å². The second-order valence-electron chi connectivity index (χ2n) is 1.85. The van der Waals surface area contributed by atoms with E-state index in [9.17, 15) is 0 Å². The number of rotatable bonds is 3. The van der Waals surface area contributed by atoms with Crippen LogP contribution in [0, 0.1) is 5.94 Å². The Balaban J connectivity index is 3.06. The fraction of sp³-hybridized carbons (Fsp3) is 0.500. The fourth-order valence-electron chi connectivity index (χ4n) is 0.565. The number of hydrogen-bond acceptors (Lipinski definition) is 0. The predicted molar refractivity (Wildman–Crippen MR) is 42.2 cm³/mol. The summed E-state index contributed by atoms with van der Waals surface area (Å²) in [6.45, 7) is 2.15. The average Bonchev–Trinajstić information content (AvgIpc) is 1.89. The molecular formula is C8H11K. The van der Waals surface area contributed by atoms with E-state index in [1.54, 1.807) is 0 Å². The van der Waals surface area contributed by atoms with Crippen LogP contribution in [-0.2, 0) is 0 Å². The van der Waals surface area contributed by atoms with Gasteiger partial charge in [0.15, 0.2) is 0 Å². The normalized spacial score (nSPS) is 9.22. The van der Waals surface area contributed by atoms with Gasteiger partial charge in [-0.25, -0.2) is 0 Å². The Morgan fingerprint density at radius 3 is 2.78 bits per heavy atom. The zero-order chi connectivity index (χ0) is 6.95. The van der Waals surface area contributed by atoms with Gasteiger partial charge < -0.3 is 0 Å². The molecule has 0 N–H and O–H groups in total. The first-order valence-corrected chi connectivity index (χ1v) is 5.02. The van der Waals surface area contributed by atoms with Gasteiger partial charge >= 0.3 is 93.2 Å². The van der Waals surface area contributed by atoms with Crippen LogP contribution in [0.4, 0.5) is 0 Å². The molecule has 0 heterocycles. The number of allylic oxidation sites excluding steroid dienone is 2. The van der Waals surface area contributed by atoms with E-state index in [0.29, 0.717) is 0 Å². The maximum atomic E-state index is 3.09. The standard InChI is InChI=1S/C8H11.K/c1-3-5-7-8-6-4-2;/h5,7H,3,6,8H2,1H3;. The Morgan fingerprint density at radius 1 is 1.44 bits per heavy atom. The van der Waals surface area contributed by atoms with E-state index >= 15 is 0 Å². The van der Waals surface area contributed by atoms with Crippen molar-refractivity contribution in [1.29, 1.82) is 0 Å². The minimum absolute atomic E-state index is 0.724. The van der Waals surface area contributed by atoms with Crippen molar-refractivity contribution in [1.82, 2.24) is 0 Å². The van der Waals surface area contributed by atoms with E-state index < -0.39 is 0 Å². The molecule has 9 heavy (non-hydrogen) atoms. The average molecular weight is 146 g/mol. The monoisotopic (exact) mass is 146 g/mol. The molecule has 0 rings (SSSR count). The molecule has 0 aromatic carbocycles. The third-order valence-corrected chi connectivity index (χ3v) is 1.57. The van der Waals surface area contributed by atoms with E-state index in [2.05, 4.69) is 25.0 Å². The second-order valence-corrected chi connectivity index (χ2v) is 2.63. The van der Waals surface area contributed by atoms with E-state index in [-0.39, 0.29) is 0 Å². The minimum atomic E-state index is 0.724. The molecule has 0 radical (unpaired) electrons. The second kappa shape index (κ2) is 8.94. The molecule has 0 aliphatic heterocycles. The summed E-state index contributed by atoms with van der Waals surface area (Å²) in [5, 5.41) is 0. The van der Waals surface area contributed by atoms with Gasteiger partial charge in [0.2, 0.25) is 0 Å². The van der Waals surface area contributed by atoms with Crippen molar-refractivity contribution < 1.29 is 0 Å². The molecule has 0 aromatic heterocycles. The van der Waals surface area contributed by atoms with Gasteiger partial charge in [0.25, 0.3) is 0 Å². The summed E-state index contributed by atoms with van der Waals surface area (Å²) in [6.07, 6.45) is 7.74. The van der Waals surface area contributed by atoms with Crippen LogP contribution in [0.2, 0.25) is 0 Å². The van der Waals surface area contributed by atoms with Crippen LogP contribution in [0.25, 0.3) is 0 Å². The van der Waals surface area contributed by atoms with Crippen molar-refractivity contribution >= 4 is 49.0 Å². The van der Waals surface area contributed by atoms with E-state index in [4.69, 9.17) is 0 Å². The summed E-state index contributed by atoms with van der Waals surface area (Å²) >= 11 is 0.724. The van der Waals surface area contributed by atoms with E-state index in [0.717, 1.165) is 68.2 Å². The Bertz CT molecular complexity index is 125. The summed E-state index contributed by atoms with van der Waals surface area (Å²) in [5.74, 6) is 3.09. The fourth-order valence-corrected chi connectivity index (χ4v) is 0.955. The quantitative estimate of drug-likeness (QED) is 0.247. The molecule has 0 bridgehead atoms. The third kappa shape index (κ3) is 8.94. The summed E-state index contributed by atoms with van der Waals surface area (Å²) in [7, 11) is 0. The summed E-state index contributed by atoms with van der Waals surface area (Å²) in [5.41, 5.74) is 0. The zero-order valence-electron chi connectivity index (χ0n) is 6.28. The van der Waals surface area contributed by atoms with Gasteiger partial charge in [0.1, 0.15) is 0 Å². The molecule has 0 spiro atoms. The molecule has 0 fully saturated rings. The van der Waals surface area contributed by atoms with Crippen molar-refractivity contribution in [2.45, 2.75) is 26.2 Å². The maximum absolute atomic E-state index is 3.09. The van der Waals surface area contributed by atoms with Crippen LogP contribution in [0.15, 0.2) is 12.2 Å². The molecule has 0 aliphatic rings. The molecule has 0 atom stereocenters. The molecule has 0 aliphatic carbocycles. The van der Waals surface area contributed by atoms with Crippen molar-refractivity contribution in [3.05, 3.63) is 12.2 Å². The van der Waals surface area contributed by atoms with Gasteiger partial charge in [-0.3, -0.25) is 0 Å². The van der Waals surface area contributed by atoms with Crippen molar-refractivity contribution in [2.75, 3.05) is 0 Å². The molecular weight excluding hydrogens is 135 g/mol. The van der Waals surface area contributed by atoms with Crippen molar-refractivity contribution in [2.24, 2.45) is 0 Å². The summed E-state index contributed by atoms with van der Waals surface area (Å²) in [4.78, 5) is 0. The van der Waals surface area contributed by atoms with Crippen LogP contribution in [-0.4, -0.2) is 49.0 Å². The summed E-state index contributed by atoms with van der Waals surface area (Å²) in [6, 6.07) is 0. The first-order chi connectivity index (χ1) is 4.41. The topological polar surface area (TPSA) is 0 Å². The van der Waals surface area contributed by atoms with Gasteiger partial charge in [0.05, 0.1) is 0 Å². The van der Waals surface area contributed by atoms with Crippen molar-refractivity contribution in [3.63, 3.8) is 0 Å². The van der Waals surface area contributed by atoms with Crippen LogP contribution >= 0.6 is 0 Å². The molecule has 0 saturated carbocycles. The molecule has 1 heteroatoms. The number of unbranched alkanes of at least 4 members (excludes halogenated alkanes) is 1. The molecule has 0 amide bonds. The van der Waals surface area contributed by atoms with Crippen LogP contribution in [0.1, 0.15) is 26.2 Å². The van der Waals surface area contributed by atoms with E-state index in [1.165, 1.54) is 0 Å². The first-order valence-electron chi connectivity index (χ1n) is 3.46. The summed E-state index contributed by atoms with van der Waals surface area (Å²) < 4.78 is 3.05. The molecule has 0 saturated heterocycles. The number of hydrogen-bond donors (Lipinski definition) is 0. The van der Waals surface area contributed by atoms with Gasteiger partial charge in [0, 0.05) is 0 Å². The van der Waals surface area contributed by atoms with Crippen LogP contribution in [0.5, 0.6) is 0 Å². The molecule has 0 aromatic rings. The van der Waals surface area contributed by atoms with Gasteiger partial charge in [-0.05, 0) is 0 Å². The first kappa shape index (κ1) is 9.94. The SMILES string of the molecule is CCC=CCCC#[C][K].